The molecule has 0 aromatic heterocycles. The molecule has 0 aliphatic carbocycles. The summed E-state index contributed by atoms with van der Waals surface area (Å²) in [6, 6.07) is 3.11. The van der Waals surface area contributed by atoms with Gasteiger partial charge in [0.1, 0.15) is 0 Å². The molecule has 106 valence electrons. The van der Waals surface area contributed by atoms with Crippen LogP contribution in [-0.4, -0.2) is 22.9 Å². The lowest BCUT2D eigenvalue weighted by atomic mass is 10.0. The molecule has 0 radical (unpaired) electrons. The van der Waals surface area contributed by atoms with Crippen molar-refractivity contribution in [3.8, 4) is 0 Å². The lowest BCUT2D eigenvalue weighted by Gasteiger charge is -2.20. The van der Waals surface area contributed by atoms with E-state index in [0.29, 0.717) is 36.9 Å². The minimum atomic E-state index is -1.05. The first-order valence-corrected chi connectivity index (χ1v) is 6.62. The molecule has 2 amide bonds. The topological polar surface area (TPSA) is 74.7 Å². The lowest BCUT2D eigenvalue weighted by molar-refractivity contribution is -0.125. The van der Waals surface area contributed by atoms with Crippen molar-refractivity contribution in [1.82, 2.24) is 0 Å². The number of amides is 2. The van der Waals surface area contributed by atoms with Crippen LogP contribution in [0, 0.1) is 13.8 Å². The number of carbonyl (C=O) groups is 3. The highest BCUT2D eigenvalue weighted by atomic mass is 16.4. The summed E-state index contributed by atoms with van der Waals surface area (Å²) in [5.41, 5.74) is 1.90. The molecule has 0 unspecified atom stereocenters. The summed E-state index contributed by atoms with van der Waals surface area (Å²) < 4.78 is 0. The first-order valence-electron chi connectivity index (χ1n) is 6.62. The molecule has 2 rings (SSSR count). The highest BCUT2D eigenvalue weighted by Crippen LogP contribution is 2.26. The molecule has 1 fully saturated rings. The Hall–Kier alpha value is -2.17. The zero-order valence-corrected chi connectivity index (χ0v) is 11.6. The van der Waals surface area contributed by atoms with Crippen molar-refractivity contribution >= 4 is 23.5 Å². The zero-order chi connectivity index (χ0) is 14.9. The van der Waals surface area contributed by atoms with Gasteiger partial charge >= 0.3 is 5.97 Å². The summed E-state index contributed by atoms with van der Waals surface area (Å²) in [6.07, 6.45) is 2.03. The first-order chi connectivity index (χ1) is 9.41. The minimum absolute atomic E-state index is 0.129. The number of carboxylic acids is 1. The van der Waals surface area contributed by atoms with Gasteiger partial charge in [0.25, 0.3) is 0 Å². The van der Waals surface area contributed by atoms with Gasteiger partial charge in [-0.2, -0.15) is 0 Å². The number of anilines is 1. The summed E-state index contributed by atoms with van der Waals surface area (Å²) in [7, 11) is 0. The molecular weight excluding hydrogens is 258 g/mol. The number of aromatic carboxylic acids is 1. The van der Waals surface area contributed by atoms with Gasteiger partial charge in [-0.15, -0.1) is 0 Å². The van der Waals surface area contributed by atoms with E-state index >= 15 is 0 Å². The maximum absolute atomic E-state index is 12.1. The molecule has 0 spiro atoms. The molecule has 1 heterocycles. The van der Waals surface area contributed by atoms with Crippen LogP contribution in [0.25, 0.3) is 0 Å². The van der Waals surface area contributed by atoms with Crippen LogP contribution in [0.5, 0.6) is 0 Å². The summed E-state index contributed by atoms with van der Waals surface area (Å²) in [6.45, 7) is 3.49. The predicted molar refractivity (Wildman–Crippen MR) is 73.8 cm³/mol. The van der Waals surface area contributed by atoms with Gasteiger partial charge in [-0.1, -0.05) is 0 Å². The van der Waals surface area contributed by atoms with Crippen LogP contribution in [0.2, 0.25) is 0 Å². The monoisotopic (exact) mass is 275 g/mol. The molecule has 1 aliphatic heterocycles. The predicted octanol–water partition coefficient (Wildman–Crippen LogP) is 2.44. The Kier molecular flexibility index (Phi) is 3.88. The highest BCUT2D eigenvalue weighted by molar-refractivity contribution is 6.15. The Morgan fingerprint density at radius 1 is 1.10 bits per heavy atom. The fourth-order valence-corrected chi connectivity index (χ4v) is 2.39. The molecule has 1 aliphatic rings. The van der Waals surface area contributed by atoms with Crippen molar-refractivity contribution in [2.24, 2.45) is 0 Å². The van der Waals surface area contributed by atoms with Crippen molar-refractivity contribution in [2.45, 2.75) is 39.5 Å². The third kappa shape index (κ3) is 2.57. The van der Waals surface area contributed by atoms with Crippen LogP contribution in [0.4, 0.5) is 5.69 Å². The Balaban J connectivity index is 2.53. The molecule has 20 heavy (non-hydrogen) atoms. The van der Waals surface area contributed by atoms with Crippen LogP contribution < -0.4 is 4.90 Å². The lowest BCUT2D eigenvalue weighted by Crippen LogP contribution is -2.35. The molecular formula is C15H17NO4. The van der Waals surface area contributed by atoms with Gasteiger partial charge in [-0.3, -0.25) is 14.5 Å². The van der Waals surface area contributed by atoms with Gasteiger partial charge in [-0.25, -0.2) is 4.79 Å². The van der Waals surface area contributed by atoms with Gasteiger partial charge in [-0.05, 0) is 49.9 Å². The molecule has 0 saturated carbocycles. The number of rotatable bonds is 2. The van der Waals surface area contributed by atoms with Gasteiger partial charge in [0, 0.05) is 12.8 Å². The molecule has 1 N–H and O–H groups in total. The molecule has 1 aromatic carbocycles. The summed E-state index contributed by atoms with van der Waals surface area (Å²) in [5, 5.41) is 9.21. The summed E-state index contributed by atoms with van der Waals surface area (Å²) in [5.74, 6) is -1.57. The number of benzene rings is 1. The van der Waals surface area contributed by atoms with Crippen LogP contribution in [0.15, 0.2) is 12.1 Å². The number of carbonyl (C=O) groups excluding carboxylic acids is 2. The molecule has 1 aromatic rings. The molecule has 5 nitrogen and oxygen atoms in total. The first kappa shape index (κ1) is 14.2. The quantitative estimate of drug-likeness (QED) is 0.841. The third-order valence-corrected chi connectivity index (χ3v) is 3.67. The van der Waals surface area contributed by atoms with Crippen LogP contribution in [-0.2, 0) is 9.59 Å². The summed E-state index contributed by atoms with van der Waals surface area (Å²) >= 11 is 0. The Labute approximate surface area is 117 Å². The Morgan fingerprint density at radius 2 is 1.65 bits per heavy atom. The van der Waals surface area contributed by atoms with E-state index in [2.05, 4.69) is 0 Å². The number of imide groups is 1. The minimum Gasteiger partial charge on any atom is -0.478 e. The van der Waals surface area contributed by atoms with Crippen molar-refractivity contribution in [3.63, 3.8) is 0 Å². The number of hydrogen-bond donors (Lipinski definition) is 1. The molecule has 0 atom stereocenters. The van der Waals surface area contributed by atoms with Crippen molar-refractivity contribution < 1.29 is 19.5 Å². The third-order valence-electron chi connectivity index (χ3n) is 3.67. The standard InChI is InChI=1S/C15H17NO4/c1-9-7-11(8-12(10(9)2)15(19)20)16-13(17)5-3-4-6-14(16)18/h7-8H,3-6H2,1-2H3,(H,19,20). The van der Waals surface area contributed by atoms with E-state index in [0.717, 1.165) is 10.5 Å². The Morgan fingerprint density at radius 3 is 2.15 bits per heavy atom. The van der Waals surface area contributed by atoms with Gasteiger partial charge in [0.05, 0.1) is 11.3 Å². The highest BCUT2D eigenvalue weighted by Gasteiger charge is 2.27. The normalized spacial score (nSPS) is 16.2. The van der Waals surface area contributed by atoms with Gasteiger partial charge in [0.2, 0.25) is 11.8 Å². The second kappa shape index (κ2) is 5.45. The SMILES string of the molecule is Cc1cc(N2C(=O)CCCCC2=O)cc(C(=O)O)c1C. The van der Waals surface area contributed by atoms with Gasteiger partial charge < -0.3 is 5.11 Å². The van der Waals surface area contributed by atoms with E-state index in [-0.39, 0.29) is 17.4 Å². The van der Waals surface area contributed by atoms with Gasteiger partial charge in [0.15, 0.2) is 0 Å². The maximum Gasteiger partial charge on any atom is 0.336 e. The molecule has 5 heteroatoms. The summed E-state index contributed by atoms with van der Waals surface area (Å²) in [4.78, 5) is 36.5. The molecule has 1 saturated heterocycles. The number of hydrogen-bond acceptors (Lipinski definition) is 3. The fraction of sp³-hybridized carbons (Fsp3) is 0.400. The van der Waals surface area contributed by atoms with Crippen LogP contribution in [0.1, 0.15) is 47.2 Å². The van der Waals surface area contributed by atoms with E-state index in [4.69, 9.17) is 0 Å². The number of carboxylic acid groups (broad SMARTS) is 1. The van der Waals surface area contributed by atoms with Crippen molar-refractivity contribution in [3.05, 3.63) is 28.8 Å². The maximum atomic E-state index is 12.1. The van der Waals surface area contributed by atoms with Crippen molar-refractivity contribution in [2.75, 3.05) is 4.90 Å². The number of nitrogens with zero attached hydrogens (tertiary/aromatic N) is 1. The van der Waals surface area contributed by atoms with E-state index in [1.165, 1.54) is 6.07 Å². The number of aryl methyl sites for hydroxylation is 1. The van der Waals surface area contributed by atoms with E-state index in [1.54, 1.807) is 19.9 Å². The second-order valence-corrected chi connectivity index (χ2v) is 5.07. The average molecular weight is 275 g/mol. The van der Waals surface area contributed by atoms with Crippen LogP contribution >= 0.6 is 0 Å². The van der Waals surface area contributed by atoms with Crippen LogP contribution in [0.3, 0.4) is 0 Å². The zero-order valence-electron chi connectivity index (χ0n) is 11.6. The smallest absolute Gasteiger partial charge is 0.336 e. The fourth-order valence-electron chi connectivity index (χ4n) is 2.39. The largest absolute Gasteiger partial charge is 0.478 e. The molecule has 0 bridgehead atoms. The van der Waals surface area contributed by atoms with Crippen molar-refractivity contribution in [1.29, 1.82) is 0 Å². The van der Waals surface area contributed by atoms with E-state index < -0.39 is 5.97 Å². The second-order valence-electron chi connectivity index (χ2n) is 5.07. The average Bonchev–Trinajstić information content (AvgIpc) is 2.54. The van der Waals surface area contributed by atoms with E-state index in [9.17, 15) is 19.5 Å². The van der Waals surface area contributed by atoms with E-state index in [1.807, 2.05) is 0 Å². The Bertz CT molecular complexity index is 574.